The lowest BCUT2D eigenvalue weighted by Crippen LogP contribution is -2.36. The van der Waals surface area contributed by atoms with Crippen LogP contribution in [-0.4, -0.2) is 6.04 Å². The second-order valence-electron chi connectivity index (χ2n) is 6.05. The zero-order valence-corrected chi connectivity index (χ0v) is 11.9. The molecule has 1 unspecified atom stereocenters. The first-order valence-electron chi connectivity index (χ1n) is 6.64. The highest BCUT2D eigenvalue weighted by Gasteiger charge is 2.27. The van der Waals surface area contributed by atoms with Gasteiger partial charge in [-0.25, -0.2) is 4.39 Å². The van der Waals surface area contributed by atoms with E-state index in [4.69, 9.17) is 11.6 Å². The maximum atomic E-state index is 13.3. The van der Waals surface area contributed by atoms with Crippen molar-refractivity contribution in [2.45, 2.75) is 52.1 Å². The van der Waals surface area contributed by atoms with Crippen LogP contribution in [0.1, 0.15) is 45.1 Å². The standard InChI is InChI=1S/C15H21ClFN/c1-15(2)8-4-6-12(9-15)18-10-11-5-3-7-13(17)14(11)16/h3,5,7,12,18H,4,6,8-10H2,1-2H3. The number of halogens is 2. The first kappa shape index (κ1) is 13.8. The molecule has 18 heavy (non-hydrogen) atoms. The SMILES string of the molecule is CC1(C)CCCC(NCc2cccc(F)c2Cl)C1. The predicted octanol–water partition coefficient (Wildman–Crippen LogP) is 4.54. The molecule has 0 amide bonds. The Labute approximate surface area is 114 Å². The highest BCUT2D eigenvalue weighted by atomic mass is 35.5. The van der Waals surface area contributed by atoms with Crippen LogP contribution in [0.3, 0.4) is 0 Å². The van der Waals surface area contributed by atoms with Crippen molar-refractivity contribution >= 4 is 11.6 Å². The van der Waals surface area contributed by atoms with E-state index in [0.29, 0.717) is 18.0 Å². The molecule has 2 rings (SSSR count). The predicted molar refractivity (Wildman–Crippen MR) is 74.3 cm³/mol. The molecule has 0 aliphatic heterocycles. The molecule has 1 saturated carbocycles. The summed E-state index contributed by atoms with van der Waals surface area (Å²) in [4.78, 5) is 0. The average molecular weight is 270 g/mol. The summed E-state index contributed by atoms with van der Waals surface area (Å²) >= 11 is 5.95. The second-order valence-corrected chi connectivity index (χ2v) is 6.43. The molecule has 0 saturated heterocycles. The van der Waals surface area contributed by atoms with Crippen LogP contribution in [0.15, 0.2) is 18.2 Å². The van der Waals surface area contributed by atoms with Gasteiger partial charge in [0.1, 0.15) is 5.82 Å². The normalized spacial score (nSPS) is 23.0. The van der Waals surface area contributed by atoms with E-state index in [2.05, 4.69) is 19.2 Å². The summed E-state index contributed by atoms with van der Waals surface area (Å²) in [5.74, 6) is -0.333. The summed E-state index contributed by atoms with van der Waals surface area (Å²) in [6.45, 7) is 5.28. The molecular formula is C15H21ClFN. The minimum absolute atomic E-state index is 0.250. The van der Waals surface area contributed by atoms with Crippen molar-refractivity contribution in [3.8, 4) is 0 Å². The van der Waals surface area contributed by atoms with Gasteiger partial charge >= 0.3 is 0 Å². The zero-order valence-electron chi connectivity index (χ0n) is 11.1. The average Bonchev–Trinajstić information content (AvgIpc) is 2.30. The molecule has 1 aliphatic rings. The molecule has 1 aromatic carbocycles. The number of hydrogen-bond donors (Lipinski definition) is 1. The van der Waals surface area contributed by atoms with Gasteiger partial charge in [0.05, 0.1) is 5.02 Å². The largest absolute Gasteiger partial charge is 0.310 e. The van der Waals surface area contributed by atoms with E-state index in [9.17, 15) is 4.39 Å². The maximum absolute atomic E-state index is 13.3. The van der Waals surface area contributed by atoms with Crippen molar-refractivity contribution in [2.24, 2.45) is 5.41 Å². The first-order valence-corrected chi connectivity index (χ1v) is 7.02. The van der Waals surface area contributed by atoms with Crippen LogP contribution in [0.4, 0.5) is 4.39 Å². The van der Waals surface area contributed by atoms with Gasteiger partial charge in [0, 0.05) is 12.6 Å². The molecule has 1 fully saturated rings. The molecule has 1 nitrogen and oxygen atoms in total. The van der Waals surface area contributed by atoms with Gasteiger partial charge in [-0.15, -0.1) is 0 Å². The van der Waals surface area contributed by atoms with Crippen LogP contribution in [0, 0.1) is 11.2 Å². The van der Waals surface area contributed by atoms with Crippen LogP contribution in [0.25, 0.3) is 0 Å². The van der Waals surface area contributed by atoms with Gasteiger partial charge in [-0.2, -0.15) is 0 Å². The maximum Gasteiger partial charge on any atom is 0.142 e. The van der Waals surface area contributed by atoms with Gasteiger partial charge in [-0.05, 0) is 36.3 Å². The summed E-state index contributed by atoms with van der Waals surface area (Å²) < 4.78 is 13.3. The highest BCUT2D eigenvalue weighted by molar-refractivity contribution is 6.31. The third-order valence-corrected chi connectivity index (χ3v) is 4.24. The van der Waals surface area contributed by atoms with Crippen LogP contribution in [0.2, 0.25) is 5.02 Å². The van der Waals surface area contributed by atoms with Gasteiger partial charge in [0.2, 0.25) is 0 Å². The first-order chi connectivity index (χ1) is 8.48. The van der Waals surface area contributed by atoms with Gasteiger partial charge < -0.3 is 5.32 Å². The quantitative estimate of drug-likeness (QED) is 0.850. The fraction of sp³-hybridized carbons (Fsp3) is 0.600. The number of hydrogen-bond acceptors (Lipinski definition) is 1. The van der Waals surface area contributed by atoms with Crippen LogP contribution < -0.4 is 5.32 Å². The monoisotopic (exact) mass is 269 g/mol. The Morgan fingerprint density at radius 3 is 2.94 bits per heavy atom. The summed E-state index contributed by atoms with van der Waals surface area (Å²) in [7, 11) is 0. The Bertz CT molecular complexity index is 417. The Morgan fingerprint density at radius 1 is 1.44 bits per heavy atom. The third-order valence-electron chi connectivity index (χ3n) is 3.82. The molecular weight excluding hydrogens is 249 g/mol. The van der Waals surface area contributed by atoms with Gasteiger partial charge in [0.25, 0.3) is 0 Å². The van der Waals surface area contributed by atoms with Crippen LogP contribution in [0.5, 0.6) is 0 Å². The lowest BCUT2D eigenvalue weighted by atomic mass is 9.75. The fourth-order valence-electron chi connectivity index (χ4n) is 2.81. The number of benzene rings is 1. The topological polar surface area (TPSA) is 12.0 Å². The summed E-state index contributed by atoms with van der Waals surface area (Å²) in [5.41, 5.74) is 1.27. The Kier molecular flexibility index (Phi) is 4.29. The fourth-order valence-corrected chi connectivity index (χ4v) is 3.00. The van der Waals surface area contributed by atoms with Crippen molar-refractivity contribution in [3.05, 3.63) is 34.6 Å². The van der Waals surface area contributed by atoms with Gasteiger partial charge in [0.15, 0.2) is 0 Å². The zero-order chi connectivity index (χ0) is 13.2. The van der Waals surface area contributed by atoms with E-state index in [1.54, 1.807) is 6.07 Å². The molecule has 0 heterocycles. The van der Waals surface area contributed by atoms with Crippen molar-refractivity contribution in [2.75, 3.05) is 0 Å². The molecule has 1 N–H and O–H groups in total. The van der Waals surface area contributed by atoms with Crippen molar-refractivity contribution in [1.82, 2.24) is 5.32 Å². The van der Waals surface area contributed by atoms with E-state index < -0.39 is 0 Å². The summed E-state index contributed by atoms with van der Waals surface area (Å²) in [6, 6.07) is 5.51. The molecule has 1 aliphatic carbocycles. The number of rotatable bonds is 3. The summed E-state index contributed by atoms with van der Waals surface area (Å²) in [6.07, 6.45) is 4.95. The molecule has 1 atom stereocenters. The van der Waals surface area contributed by atoms with Crippen molar-refractivity contribution in [3.63, 3.8) is 0 Å². The Morgan fingerprint density at radius 2 is 2.22 bits per heavy atom. The minimum atomic E-state index is -0.333. The molecule has 3 heteroatoms. The number of nitrogens with one attached hydrogen (secondary N) is 1. The second kappa shape index (κ2) is 5.58. The lowest BCUT2D eigenvalue weighted by Gasteiger charge is -2.35. The smallest absolute Gasteiger partial charge is 0.142 e. The highest BCUT2D eigenvalue weighted by Crippen LogP contribution is 2.35. The van der Waals surface area contributed by atoms with Crippen molar-refractivity contribution < 1.29 is 4.39 Å². The molecule has 0 spiro atoms. The van der Waals surface area contributed by atoms with Crippen LogP contribution >= 0.6 is 11.6 Å². The molecule has 0 radical (unpaired) electrons. The summed E-state index contributed by atoms with van der Waals surface area (Å²) in [5, 5.41) is 3.76. The molecule has 1 aromatic rings. The Balaban J connectivity index is 1.93. The molecule has 0 aromatic heterocycles. The van der Waals surface area contributed by atoms with E-state index in [1.165, 1.54) is 31.7 Å². The molecule has 100 valence electrons. The van der Waals surface area contributed by atoms with E-state index in [-0.39, 0.29) is 10.8 Å². The van der Waals surface area contributed by atoms with E-state index >= 15 is 0 Å². The van der Waals surface area contributed by atoms with Gasteiger partial charge in [-0.1, -0.05) is 44.0 Å². The minimum Gasteiger partial charge on any atom is -0.310 e. The van der Waals surface area contributed by atoms with Crippen molar-refractivity contribution in [1.29, 1.82) is 0 Å². The molecule has 0 bridgehead atoms. The van der Waals surface area contributed by atoms with Gasteiger partial charge in [-0.3, -0.25) is 0 Å². The van der Waals surface area contributed by atoms with Crippen LogP contribution in [-0.2, 0) is 6.54 Å². The third kappa shape index (κ3) is 3.46. The van der Waals surface area contributed by atoms with E-state index in [1.807, 2.05) is 6.07 Å². The van der Waals surface area contributed by atoms with E-state index in [0.717, 1.165) is 5.56 Å². The lowest BCUT2D eigenvalue weighted by molar-refractivity contribution is 0.198. The Hall–Kier alpha value is -0.600.